The fraction of sp³-hybridized carbons (Fsp3) is 0.0435. The van der Waals surface area contributed by atoms with Gasteiger partial charge in [0.15, 0.2) is 0 Å². The summed E-state index contributed by atoms with van der Waals surface area (Å²) in [5, 5.41) is 6.22. The average Bonchev–Trinajstić information content (AvgIpc) is 2.75. The first-order valence-corrected chi connectivity index (χ1v) is 9.09. The van der Waals surface area contributed by atoms with Gasteiger partial charge in [0.05, 0.1) is 11.8 Å². The van der Waals surface area contributed by atoms with Crippen LogP contribution in [0.5, 0.6) is 5.75 Å². The second-order valence-corrected chi connectivity index (χ2v) is 6.35. The van der Waals surface area contributed by atoms with Crippen LogP contribution in [0.2, 0.25) is 0 Å². The van der Waals surface area contributed by atoms with Crippen molar-refractivity contribution in [1.82, 2.24) is 5.43 Å². The highest BCUT2D eigenvalue weighted by Gasteiger charge is 2.12. The molecule has 0 aliphatic rings. The van der Waals surface area contributed by atoms with Crippen LogP contribution in [-0.4, -0.2) is 24.0 Å². The van der Waals surface area contributed by atoms with Gasteiger partial charge in [0.25, 0.3) is 0 Å². The predicted molar refractivity (Wildman–Crippen MR) is 113 cm³/mol. The Morgan fingerprint density at radius 3 is 2.30 bits per heavy atom. The van der Waals surface area contributed by atoms with Crippen LogP contribution in [0.15, 0.2) is 84.0 Å². The fourth-order valence-corrected chi connectivity index (χ4v) is 2.49. The molecule has 0 bridgehead atoms. The van der Waals surface area contributed by atoms with E-state index in [1.54, 1.807) is 72.8 Å². The minimum atomic E-state index is -0.890. The first-order chi connectivity index (χ1) is 14.5. The minimum Gasteiger partial charge on any atom is -0.423 e. The third-order valence-corrected chi connectivity index (χ3v) is 3.96. The van der Waals surface area contributed by atoms with Gasteiger partial charge in [0.1, 0.15) is 5.75 Å². The number of ether oxygens (including phenoxy) is 1. The van der Waals surface area contributed by atoms with E-state index in [1.165, 1.54) is 6.21 Å². The lowest BCUT2D eigenvalue weighted by atomic mass is 10.1. The SMILES string of the molecule is Cc1cccc(C(=O)Oc2ccc(/C=N/NC(=O)C(=O)Nc3ccccc3)cc2)c1. The summed E-state index contributed by atoms with van der Waals surface area (Å²) >= 11 is 0. The number of hydrazone groups is 1. The van der Waals surface area contributed by atoms with Crippen LogP contribution >= 0.6 is 0 Å². The van der Waals surface area contributed by atoms with Gasteiger partial charge in [-0.15, -0.1) is 0 Å². The first-order valence-electron chi connectivity index (χ1n) is 9.09. The van der Waals surface area contributed by atoms with Gasteiger partial charge in [0, 0.05) is 5.69 Å². The Hall–Kier alpha value is -4.26. The lowest BCUT2D eigenvalue weighted by Crippen LogP contribution is -2.32. The van der Waals surface area contributed by atoms with Crippen LogP contribution in [0.4, 0.5) is 5.69 Å². The van der Waals surface area contributed by atoms with Gasteiger partial charge >= 0.3 is 17.8 Å². The molecule has 2 N–H and O–H groups in total. The summed E-state index contributed by atoms with van der Waals surface area (Å²) in [4.78, 5) is 35.7. The molecular weight excluding hydrogens is 382 g/mol. The number of carbonyl (C=O) groups is 3. The van der Waals surface area contributed by atoms with E-state index in [2.05, 4.69) is 15.8 Å². The average molecular weight is 401 g/mol. The molecule has 0 aromatic heterocycles. The molecule has 0 atom stereocenters. The normalized spacial score (nSPS) is 10.4. The molecule has 0 radical (unpaired) electrons. The standard InChI is InChI=1S/C23H19N3O4/c1-16-6-5-7-18(14-16)23(29)30-20-12-10-17(11-13-20)15-24-26-22(28)21(27)25-19-8-3-2-4-9-19/h2-15H,1H3,(H,25,27)(H,26,28)/b24-15+. The van der Waals surface area contributed by atoms with Crippen molar-refractivity contribution in [2.24, 2.45) is 5.10 Å². The van der Waals surface area contributed by atoms with Crippen molar-refractivity contribution < 1.29 is 19.1 Å². The molecule has 0 saturated carbocycles. The molecule has 0 unspecified atom stereocenters. The van der Waals surface area contributed by atoms with Gasteiger partial charge in [-0.05, 0) is 61.0 Å². The highest BCUT2D eigenvalue weighted by atomic mass is 16.5. The van der Waals surface area contributed by atoms with Gasteiger partial charge < -0.3 is 10.1 Å². The summed E-state index contributed by atoms with van der Waals surface area (Å²) in [5.74, 6) is -1.78. The van der Waals surface area contributed by atoms with Crippen molar-refractivity contribution in [1.29, 1.82) is 0 Å². The molecule has 150 valence electrons. The summed E-state index contributed by atoms with van der Waals surface area (Å²) < 4.78 is 5.34. The van der Waals surface area contributed by atoms with E-state index in [4.69, 9.17) is 4.74 Å². The van der Waals surface area contributed by atoms with Crippen molar-refractivity contribution >= 4 is 29.7 Å². The lowest BCUT2D eigenvalue weighted by molar-refractivity contribution is -0.136. The number of amides is 2. The molecular formula is C23H19N3O4. The molecule has 0 saturated heterocycles. The second kappa shape index (κ2) is 9.79. The largest absolute Gasteiger partial charge is 0.423 e. The first kappa shape index (κ1) is 20.5. The van der Waals surface area contributed by atoms with Gasteiger partial charge in [-0.2, -0.15) is 5.10 Å². The zero-order valence-electron chi connectivity index (χ0n) is 16.2. The van der Waals surface area contributed by atoms with Gasteiger partial charge in [0.2, 0.25) is 0 Å². The van der Waals surface area contributed by atoms with Crippen LogP contribution in [0.1, 0.15) is 21.5 Å². The number of hydrogen-bond donors (Lipinski definition) is 2. The summed E-state index contributed by atoms with van der Waals surface area (Å²) in [6.45, 7) is 1.90. The molecule has 0 fully saturated rings. The van der Waals surface area contributed by atoms with Crippen molar-refractivity contribution in [3.8, 4) is 5.75 Å². The van der Waals surface area contributed by atoms with Crippen LogP contribution in [0.25, 0.3) is 0 Å². The van der Waals surface area contributed by atoms with E-state index < -0.39 is 17.8 Å². The smallest absolute Gasteiger partial charge is 0.343 e. The number of aryl methyl sites for hydroxylation is 1. The molecule has 2 amide bonds. The number of esters is 1. The highest BCUT2D eigenvalue weighted by molar-refractivity contribution is 6.39. The molecule has 3 rings (SSSR count). The van der Waals surface area contributed by atoms with E-state index in [0.29, 0.717) is 22.6 Å². The molecule has 3 aromatic rings. The van der Waals surface area contributed by atoms with Crippen LogP contribution in [0, 0.1) is 6.92 Å². The molecule has 7 nitrogen and oxygen atoms in total. The van der Waals surface area contributed by atoms with E-state index in [1.807, 2.05) is 13.0 Å². The molecule has 3 aromatic carbocycles. The van der Waals surface area contributed by atoms with Gasteiger partial charge in [-0.3, -0.25) is 9.59 Å². The van der Waals surface area contributed by atoms with Crippen LogP contribution in [-0.2, 0) is 9.59 Å². The quantitative estimate of drug-likeness (QED) is 0.225. The zero-order chi connectivity index (χ0) is 21.3. The van der Waals surface area contributed by atoms with E-state index in [9.17, 15) is 14.4 Å². The number of carbonyl (C=O) groups excluding carboxylic acids is 3. The Morgan fingerprint density at radius 2 is 1.60 bits per heavy atom. The second-order valence-electron chi connectivity index (χ2n) is 6.35. The maximum absolute atomic E-state index is 12.2. The maximum atomic E-state index is 12.2. The Labute approximate surface area is 173 Å². The van der Waals surface area contributed by atoms with E-state index in [-0.39, 0.29) is 0 Å². The maximum Gasteiger partial charge on any atom is 0.343 e. The third-order valence-electron chi connectivity index (χ3n) is 3.96. The molecule has 30 heavy (non-hydrogen) atoms. The van der Waals surface area contributed by atoms with E-state index >= 15 is 0 Å². The van der Waals surface area contributed by atoms with E-state index in [0.717, 1.165) is 5.56 Å². The number of nitrogens with one attached hydrogen (secondary N) is 2. The summed E-state index contributed by atoms with van der Waals surface area (Å²) in [6.07, 6.45) is 1.37. The number of benzene rings is 3. The summed E-state index contributed by atoms with van der Waals surface area (Å²) in [5.41, 5.74) is 4.75. The summed E-state index contributed by atoms with van der Waals surface area (Å²) in [6, 6.07) is 22.3. The van der Waals surface area contributed by atoms with Gasteiger partial charge in [-0.1, -0.05) is 35.9 Å². The Balaban J connectivity index is 1.51. The zero-order valence-corrected chi connectivity index (χ0v) is 16.2. The number of nitrogens with zero attached hydrogens (tertiary/aromatic N) is 1. The predicted octanol–water partition coefficient (Wildman–Crippen LogP) is 3.30. The van der Waals surface area contributed by atoms with Gasteiger partial charge in [-0.25, -0.2) is 10.2 Å². The van der Waals surface area contributed by atoms with Crippen molar-refractivity contribution in [2.75, 3.05) is 5.32 Å². The third kappa shape index (κ3) is 5.87. The monoisotopic (exact) mass is 401 g/mol. The number of hydrogen-bond acceptors (Lipinski definition) is 5. The van der Waals surface area contributed by atoms with Crippen molar-refractivity contribution in [3.05, 3.63) is 95.6 Å². The number of para-hydroxylation sites is 1. The Kier molecular flexibility index (Phi) is 6.68. The molecule has 0 aliphatic heterocycles. The molecule has 0 heterocycles. The van der Waals surface area contributed by atoms with Crippen molar-refractivity contribution in [2.45, 2.75) is 6.92 Å². The summed E-state index contributed by atoms with van der Waals surface area (Å²) in [7, 11) is 0. The molecule has 7 heteroatoms. The van der Waals surface area contributed by atoms with Crippen LogP contribution in [0.3, 0.4) is 0 Å². The molecule has 0 aliphatic carbocycles. The lowest BCUT2D eigenvalue weighted by Gasteiger charge is -2.05. The van der Waals surface area contributed by atoms with Crippen LogP contribution < -0.4 is 15.5 Å². The number of anilines is 1. The fourth-order valence-electron chi connectivity index (χ4n) is 2.49. The van der Waals surface area contributed by atoms with Crippen molar-refractivity contribution in [3.63, 3.8) is 0 Å². The number of rotatable bonds is 5. The topological polar surface area (TPSA) is 96.9 Å². The Bertz CT molecular complexity index is 1080. The minimum absolute atomic E-state index is 0.380. The Morgan fingerprint density at radius 1 is 0.867 bits per heavy atom. The molecule has 0 spiro atoms. The highest BCUT2D eigenvalue weighted by Crippen LogP contribution is 2.14.